The molecule has 144 valence electrons. The summed E-state index contributed by atoms with van der Waals surface area (Å²) in [5, 5.41) is 6.96. The maximum Gasteiger partial charge on any atom is 0.387 e. The Hall–Kier alpha value is -2.05. The van der Waals surface area contributed by atoms with E-state index in [0.29, 0.717) is 11.7 Å². The molecule has 2 N–H and O–H groups in total. The van der Waals surface area contributed by atoms with Crippen molar-refractivity contribution in [2.75, 3.05) is 25.0 Å². The highest BCUT2D eigenvalue weighted by molar-refractivity contribution is 5.80. The number of benzene rings is 1. The largest absolute Gasteiger partial charge is 0.433 e. The summed E-state index contributed by atoms with van der Waals surface area (Å²) in [5.41, 5.74) is 0.713. The third kappa shape index (κ3) is 4.77. The molecule has 1 aromatic carbocycles. The van der Waals surface area contributed by atoms with E-state index in [4.69, 9.17) is 0 Å². The second-order valence-corrected chi connectivity index (χ2v) is 7.03. The quantitative estimate of drug-likeness (QED) is 0.575. The lowest BCUT2D eigenvalue weighted by atomic mass is 10.2. The second-order valence-electron chi connectivity index (χ2n) is 7.03. The van der Waals surface area contributed by atoms with Crippen molar-refractivity contribution < 1.29 is 13.5 Å². The fraction of sp³-hybridized carbons (Fsp3) is 0.632. The van der Waals surface area contributed by atoms with Crippen molar-refractivity contribution in [2.45, 2.75) is 51.3 Å². The van der Waals surface area contributed by atoms with Gasteiger partial charge in [0.05, 0.1) is 5.69 Å². The molecule has 1 saturated heterocycles. The molecule has 0 radical (unpaired) electrons. The molecule has 7 heteroatoms. The molecule has 3 rings (SSSR count). The van der Waals surface area contributed by atoms with E-state index in [9.17, 15) is 8.78 Å². The number of para-hydroxylation sites is 2. The van der Waals surface area contributed by atoms with Gasteiger partial charge in [-0.05, 0) is 37.3 Å². The number of rotatable bonds is 7. The first-order valence-electron chi connectivity index (χ1n) is 9.39. The van der Waals surface area contributed by atoms with Crippen LogP contribution in [0.25, 0.3) is 0 Å². The molecule has 0 spiro atoms. The molecule has 3 unspecified atom stereocenters. The van der Waals surface area contributed by atoms with E-state index in [1.165, 1.54) is 19.3 Å². The van der Waals surface area contributed by atoms with Crippen molar-refractivity contribution in [3.63, 3.8) is 0 Å². The number of nitrogens with zero attached hydrogens (tertiary/aromatic N) is 2. The molecule has 2 fully saturated rings. The zero-order valence-corrected chi connectivity index (χ0v) is 15.4. The van der Waals surface area contributed by atoms with E-state index in [-0.39, 0.29) is 11.8 Å². The van der Waals surface area contributed by atoms with E-state index in [1.54, 1.807) is 19.2 Å². The van der Waals surface area contributed by atoms with Crippen LogP contribution in [-0.4, -0.2) is 44.8 Å². The SMILES string of the molecule is CCCC1CC1NC(=NC)NC1CCN(c2ccccc2OC(F)F)C1. The predicted molar refractivity (Wildman–Crippen MR) is 100 cm³/mol. The van der Waals surface area contributed by atoms with Crippen molar-refractivity contribution in [1.29, 1.82) is 0 Å². The minimum atomic E-state index is -2.81. The van der Waals surface area contributed by atoms with Crippen molar-refractivity contribution in [2.24, 2.45) is 10.9 Å². The first-order chi connectivity index (χ1) is 12.6. The van der Waals surface area contributed by atoms with Gasteiger partial charge in [0.15, 0.2) is 5.96 Å². The van der Waals surface area contributed by atoms with E-state index in [0.717, 1.165) is 31.4 Å². The average Bonchev–Trinajstić information content (AvgIpc) is 3.17. The van der Waals surface area contributed by atoms with Crippen molar-refractivity contribution >= 4 is 11.6 Å². The van der Waals surface area contributed by atoms with Gasteiger partial charge in [0.1, 0.15) is 5.75 Å². The summed E-state index contributed by atoms with van der Waals surface area (Å²) >= 11 is 0. The first-order valence-corrected chi connectivity index (χ1v) is 9.39. The van der Waals surface area contributed by atoms with Crippen molar-refractivity contribution in [3.8, 4) is 5.75 Å². The fourth-order valence-corrected chi connectivity index (χ4v) is 3.66. The van der Waals surface area contributed by atoms with Gasteiger partial charge < -0.3 is 20.3 Å². The lowest BCUT2D eigenvalue weighted by Crippen LogP contribution is -2.45. The molecule has 1 aliphatic carbocycles. The van der Waals surface area contributed by atoms with Gasteiger partial charge in [-0.25, -0.2) is 0 Å². The molecular formula is C19H28F2N4O. The molecule has 0 amide bonds. The van der Waals surface area contributed by atoms with Gasteiger partial charge in [-0.15, -0.1) is 0 Å². The van der Waals surface area contributed by atoms with Crippen LogP contribution in [0.3, 0.4) is 0 Å². The van der Waals surface area contributed by atoms with Gasteiger partial charge in [-0.1, -0.05) is 25.5 Å². The summed E-state index contributed by atoms with van der Waals surface area (Å²) in [4.78, 5) is 6.42. The highest BCUT2D eigenvalue weighted by Gasteiger charge is 2.37. The predicted octanol–water partition coefficient (Wildman–Crippen LogP) is 3.22. The molecule has 2 aliphatic rings. The average molecular weight is 366 g/mol. The number of aliphatic imine (C=N–C) groups is 1. The number of halogens is 2. The molecule has 0 aromatic heterocycles. The Labute approximate surface area is 153 Å². The summed E-state index contributed by atoms with van der Waals surface area (Å²) in [5.74, 6) is 1.82. The van der Waals surface area contributed by atoms with E-state index >= 15 is 0 Å². The number of alkyl halides is 2. The van der Waals surface area contributed by atoms with Crippen molar-refractivity contribution in [1.82, 2.24) is 10.6 Å². The summed E-state index contributed by atoms with van der Waals surface area (Å²) in [7, 11) is 1.78. The zero-order valence-electron chi connectivity index (χ0n) is 15.4. The van der Waals surface area contributed by atoms with Gasteiger partial charge in [-0.2, -0.15) is 8.78 Å². The van der Waals surface area contributed by atoms with Gasteiger partial charge in [0.2, 0.25) is 0 Å². The van der Waals surface area contributed by atoms with Crippen LogP contribution in [0.1, 0.15) is 32.6 Å². The standard InChI is InChI=1S/C19H28F2N4O/c1-3-6-13-11-15(13)24-19(22-2)23-14-9-10-25(12-14)16-7-4-5-8-17(16)26-18(20)21/h4-5,7-8,13-15,18H,3,6,9-12H2,1-2H3,(H2,22,23,24). The minimum absolute atomic E-state index is 0.226. The maximum absolute atomic E-state index is 12.6. The van der Waals surface area contributed by atoms with Crippen LogP contribution in [0.15, 0.2) is 29.3 Å². The Morgan fingerprint density at radius 1 is 1.35 bits per heavy atom. The number of hydrogen-bond acceptors (Lipinski definition) is 3. The zero-order chi connectivity index (χ0) is 18.5. The molecule has 3 atom stereocenters. The molecule has 1 heterocycles. The minimum Gasteiger partial charge on any atom is -0.433 e. The van der Waals surface area contributed by atoms with E-state index in [2.05, 4.69) is 32.2 Å². The smallest absolute Gasteiger partial charge is 0.387 e. The Morgan fingerprint density at radius 3 is 2.88 bits per heavy atom. The summed E-state index contributed by atoms with van der Waals surface area (Å²) in [6.45, 7) is 0.920. The van der Waals surface area contributed by atoms with E-state index < -0.39 is 6.61 Å². The third-order valence-electron chi connectivity index (χ3n) is 5.08. The number of anilines is 1. The molecule has 26 heavy (non-hydrogen) atoms. The van der Waals surface area contributed by atoms with E-state index in [1.807, 2.05) is 12.1 Å². The summed E-state index contributed by atoms with van der Waals surface area (Å²) in [6, 6.07) is 7.72. The van der Waals surface area contributed by atoms with Gasteiger partial charge in [0.25, 0.3) is 0 Å². The molecule has 5 nitrogen and oxygen atoms in total. The molecular weight excluding hydrogens is 338 g/mol. The Balaban J connectivity index is 1.54. The molecule has 1 aromatic rings. The third-order valence-corrected chi connectivity index (χ3v) is 5.08. The second kappa shape index (κ2) is 8.56. The van der Waals surface area contributed by atoms with Gasteiger partial charge >= 0.3 is 6.61 Å². The van der Waals surface area contributed by atoms with Crippen LogP contribution < -0.4 is 20.3 Å². The Bertz CT molecular complexity index is 625. The number of ether oxygens (including phenoxy) is 1. The monoisotopic (exact) mass is 366 g/mol. The molecule has 0 bridgehead atoms. The van der Waals surface area contributed by atoms with Crippen LogP contribution >= 0.6 is 0 Å². The Morgan fingerprint density at radius 2 is 2.15 bits per heavy atom. The van der Waals surface area contributed by atoms with Gasteiger partial charge in [0, 0.05) is 32.2 Å². The number of hydrogen-bond donors (Lipinski definition) is 2. The highest BCUT2D eigenvalue weighted by Crippen LogP contribution is 2.34. The Kier molecular flexibility index (Phi) is 6.16. The highest BCUT2D eigenvalue weighted by atomic mass is 19.3. The normalized spacial score (nSPS) is 25.5. The number of guanidine groups is 1. The lowest BCUT2D eigenvalue weighted by Gasteiger charge is -2.22. The maximum atomic E-state index is 12.6. The number of nitrogens with one attached hydrogen (secondary N) is 2. The van der Waals surface area contributed by atoms with Crippen LogP contribution in [-0.2, 0) is 0 Å². The van der Waals surface area contributed by atoms with Gasteiger partial charge in [-0.3, -0.25) is 4.99 Å². The van der Waals surface area contributed by atoms with Crippen LogP contribution in [0, 0.1) is 5.92 Å². The van der Waals surface area contributed by atoms with Crippen LogP contribution in [0.5, 0.6) is 5.75 Å². The van der Waals surface area contributed by atoms with Crippen LogP contribution in [0.4, 0.5) is 14.5 Å². The molecule has 1 aliphatic heterocycles. The first kappa shape index (κ1) is 18.7. The molecule has 1 saturated carbocycles. The van der Waals surface area contributed by atoms with Crippen molar-refractivity contribution in [3.05, 3.63) is 24.3 Å². The van der Waals surface area contributed by atoms with Crippen LogP contribution in [0.2, 0.25) is 0 Å². The summed E-state index contributed by atoms with van der Waals surface area (Å²) in [6.07, 6.45) is 4.61. The summed E-state index contributed by atoms with van der Waals surface area (Å²) < 4.78 is 29.9. The topological polar surface area (TPSA) is 48.9 Å². The lowest BCUT2D eigenvalue weighted by molar-refractivity contribution is -0.0495. The fourth-order valence-electron chi connectivity index (χ4n) is 3.66.